The molecule has 0 N–H and O–H groups in total. The molecule has 0 radical (unpaired) electrons. The van der Waals surface area contributed by atoms with Gasteiger partial charge in [0, 0.05) is 11.1 Å². The van der Waals surface area contributed by atoms with Crippen molar-refractivity contribution in [2.24, 2.45) is 0 Å². The molecule has 134 valence electrons. The van der Waals surface area contributed by atoms with Gasteiger partial charge in [-0.1, -0.05) is 38.0 Å². The molecule has 0 amide bonds. The number of benzene rings is 2. The summed E-state index contributed by atoms with van der Waals surface area (Å²) in [5, 5.41) is 0. The summed E-state index contributed by atoms with van der Waals surface area (Å²) in [6, 6.07) is 5.06. The molecule has 1 nitrogen and oxygen atoms in total. The molecule has 0 saturated carbocycles. The number of rotatable bonds is 7. The van der Waals surface area contributed by atoms with Gasteiger partial charge in [-0.2, -0.15) is 4.39 Å². The van der Waals surface area contributed by atoms with E-state index >= 15 is 0 Å². The van der Waals surface area contributed by atoms with Crippen molar-refractivity contribution in [3.8, 4) is 16.9 Å². The van der Waals surface area contributed by atoms with Crippen LogP contribution in [-0.4, -0.2) is 0 Å². The lowest BCUT2D eigenvalue weighted by molar-refractivity contribution is 0.415. The van der Waals surface area contributed by atoms with Crippen LogP contribution >= 0.6 is 0 Å². The van der Waals surface area contributed by atoms with Crippen LogP contribution in [0.4, 0.5) is 17.6 Å². The van der Waals surface area contributed by atoms with Crippen LogP contribution in [0.3, 0.4) is 0 Å². The lowest BCUT2D eigenvalue weighted by atomic mass is 9.99. The van der Waals surface area contributed by atoms with Crippen molar-refractivity contribution in [1.82, 2.24) is 0 Å². The van der Waals surface area contributed by atoms with E-state index < -0.39 is 23.3 Å². The number of halogens is 4. The molecule has 2 aromatic carbocycles. The molecule has 5 heteroatoms. The van der Waals surface area contributed by atoms with Crippen molar-refractivity contribution in [2.45, 2.75) is 39.5 Å². The van der Waals surface area contributed by atoms with Crippen molar-refractivity contribution in [2.75, 3.05) is 0 Å². The first kappa shape index (κ1) is 19.0. The Balaban J connectivity index is 2.38. The van der Waals surface area contributed by atoms with E-state index in [1.807, 2.05) is 6.92 Å². The minimum atomic E-state index is -1.28. The largest absolute Gasteiger partial charge is 0.462 e. The van der Waals surface area contributed by atoms with Crippen LogP contribution in [0.5, 0.6) is 5.75 Å². The standard InChI is InChI=1S/C20H20F4O/c1-3-5-6-7-13-8-9-14(18(22)17(13)21)15-10-11-16(25-12-4-2)20(24)19(15)23/h4,8-12H,3,5-7H2,1-2H3. The highest BCUT2D eigenvalue weighted by Gasteiger charge is 2.21. The molecular weight excluding hydrogens is 332 g/mol. The van der Waals surface area contributed by atoms with Crippen LogP contribution in [0.2, 0.25) is 0 Å². The summed E-state index contributed by atoms with van der Waals surface area (Å²) < 4.78 is 61.8. The Hall–Kier alpha value is -2.30. The van der Waals surface area contributed by atoms with Gasteiger partial charge in [0.2, 0.25) is 5.82 Å². The van der Waals surface area contributed by atoms with Crippen molar-refractivity contribution >= 4 is 0 Å². The summed E-state index contributed by atoms with van der Waals surface area (Å²) in [7, 11) is 0. The van der Waals surface area contributed by atoms with Crippen LogP contribution < -0.4 is 4.74 Å². The van der Waals surface area contributed by atoms with Gasteiger partial charge in [-0.05, 0) is 37.5 Å². The topological polar surface area (TPSA) is 9.23 Å². The lowest BCUT2D eigenvalue weighted by Gasteiger charge is -2.11. The first-order valence-electron chi connectivity index (χ1n) is 8.24. The molecule has 25 heavy (non-hydrogen) atoms. The molecule has 2 aromatic rings. The molecule has 0 bridgehead atoms. The summed E-state index contributed by atoms with van der Waals surface area (Å²) in [5.41, 5.74) is -0.420. The Morgan fingerprint density at radius 1 is 0.840 bits per heavy atom. The zero-order chi connectivity index (χ0) is 18.4. The quantitative estimate of drug-likeness (QED) is 0.312. The highest BCUT2D eigenvalue weighted by atomic mass is 19.2. The number of hydrogen-bond acceptors (Lipinski definition) is 1. The summed E-state index contributed by atoms with van der Waals surface area (Å²) in [4.78, 5) is 0. The molecule has 0 aromatic heterocycles. The third kappa shape index (κ3) is 4.21. The Kier molecular flexibility index (Phi) is 6.62. The average Bonchev–Trinajstić information content (AvgIpc) is 2.61. The van der Waals surface area contributed by atoms with E-state index in [0.717, 1.165) is 19.3 Å². The number of ether oxygens (including phenoxy) is 1. The van der Waals surface area contributed by atoms with Gasteiger partial charge in [0.15, 0.2) is 23.2 Å². The van der Waals surface area contributed by atoms with Gasteiger partial charge in [0.1, 0.15) is 0 Å². The summed E-state index contributed by atoms with van der Waals surface area (Å²) >= 11 is 0. The molecule has 0 fully saturated rings. The first-order valence-corrected chi connectivity index (χ1v) is 8.24. The molecule has 0 aliphatic rings. The number of hydrogen-bond donors (Lipinski definition) is 0. The monoisotopic (exact) mass is 352 g/mol. The minimum Gasteiger partial charge on any atom is -0.462 e. The molecule has 0 heterocycles. The SMILES string of the molecule is CC=COc1ccc(-c2ccc(CCCCC)c(F)c2F)c(F)c1F. The van der Waals surface area contributed by atoms with E-state index in [0.29, 0.717) is 6.42 Å². The van der Waals surface area contributed by atoms with Crippen LogP contribution in [-0.2, 0) is 6.42 Å². The van der Waals surface area contributed by atoms with Gasteiger partial charge < -0.3 is 4.74 Å². The maximum Gasteiger partial charge on any atom is 0.201 e. The second kappa shape index (κ2) is 8.70. The van der Waals surface area contributed by atoms with E-state index in [2.05, 4.69) is 0 Å². The van der Waals surface area contributed by atoms with Crippen LogP contribution in [0, 0.1) is 23.3 Å². The smallest absolute Gasteiger partial charge is 0.201 e. The van der Waals surface area contributed by atoms with Crippen LogP contribution in [0.1, 0.15) is 38.7 Å². The molecule has 0 aliphatic carbocycles. The van der Waals surface area contributed by atoms with Crippen molar-refractivity contribution in [3.63, 3.8) is 0 Å². The number of allylic oxidation sites excluding steroid dienone is 1. The molecule has 0 unspecified atom stereocenters. The molecule has 0 atom stereocenters. The van der Waals surface area contributed by atoms with Crippen molar-refractivity contribution < 1.29 is 22.3 Å². The second-order valence-electron chi connectivity index (χ2n) is 5.68. The van der Waals surface area contributed by atoms with Crippen molar-refractivity contribution in [1.29, 1.82) is 0 Å². The Bertz CT molecular complexity index is 769. The fourth-order valence-electron chi connectivity index (χ4n) is 2.53. The molecular formula is C20H20F4O. The third-order valence-electron chi connectivity index (χ3n) is 3.88. The fourth-order valence-corrected chi connectivity index (χ4v) is 2.53. The van der Waals surface area contributed by atoms with Crippen LogP contribution in [0.25, 0.3) is 11.1 Å². The molecule has 0 spiro atoms. The van der Waals surface area contributed by atoms with Crippen LogP contribution in [0.15, 0.2) is 36.6 Å². The molecule has 2 rings (SSSR count). The van der Waals surface area contributed by atoms with E-state index in [1.54, 1.807) is 6.92 Å². The molecule has 0 saturated heterocycles. The van der Waals surface area contributed by atoms with Gasteiger partial charge in [-0.25, -0.2) is 13.2 Å². The van der Waals surface area contributed by atoms with Gasteiger partial charge in [0.05, 0.1) is 6.26 Å². The second-order valence-corrected chi connectivity index (χ2v) is 5.68. The highest BCUT2D eigenvalue weighted by Crippen LogP contribution is 2.33. The minimum absolute atomic E-state index is 0.239. The average molecular weight is 352 g/mol. The predicted molar refractivity (Wildman–Crippen MR) is 90.4 cm³/mol. The number of unbranched alkanes of at least 4 members (excludes halogenated alkanes) is 2. The predicted octanol–water partition coefficient (Wildman–Crippen LogP) is 6.56. The Labute approximate surface area is 144 Å². The third-order valence-corrected chi connectivity index (χ3v) is 3.88. The summed E-state index contributed by atoms with van der Waals surface area (Å²) in [6.45, 7) is 3.67. The number of aryl methyl sites for hydroxylation is 1. The van der Waals surface area contributed by atoms with Gasteiger partial charge >= 0.3 is 0 Å². The van der Waals surface area contributed by atoms with Crippen molar-refractivity contribution in [3.05, 3.63) is 65.4 Å². The van der Waals surface area contributed by atoms with E-state index in [4.69, 9.17) is 4.74 Å². The lowest BCUT2D eigenvalue weighted by Crippen LogP contribution is -2.00. The van der Waals surface area contributed by atoms with Gasteiger partial charge in [-0.15, -0.1) is 0 Å². The van der Waals surface area contributed by atoms with Gasteiger partial charge in [-0.3, -0.25) is 0 Å². The zero-order valence-corrected chi connectivity index (χ0v) is 14.2. The Morgan fingerprint density at radius 2 is 1.48 bits per heavy atom. The normalized spacial score (nSPS) is 11.3. The fraction of sp³-hybridized carbons (Fsp3) is 0.300. The maximum absolute atomic E-state index is 14.4. The Morgan fingerprint density at radius 3 is 2.12 bits per heavy atom. The van der Waals surface area contributed by atoms with E-state index in [1.165, 1.54) is 36.6 Å². The first-order chi connectivity index (χ1) is 12.0. The summed E-state index contributed by atoms with van der Waals surface area (Å²) in [5.74, 6) is -5.03. The molecule has 0 aliphatic heterocycles. The summed E-state index contributed by atoms with van der Waals surface area (Å²) in [6.07, 6.45) is 5.74. The zero-order valence-electron chi connectivity index (χ0n) is 14.2. The highest BCUT2D eigenvalue weighted by molar-refractivity contribution is 5.66. The maximum atomic E-state index is 14.4. The van der Waals surface area contributed by atoms with E-state index in [-0.39, 0.29) is 22.4 Å². The van der Waals surface area contributed by atoms with Gasteiger partial charge in [0.25, 0.3) is 0 Å². The van der Waals surface area contributed by atoms with E-state index in [9.17, 15) is 17.6 Å².